The molecule has 2 saturated carbocycles. The Morgan fingerprint density at radius 2 is 2.41 bits per heavy atom. The third kappa shape index (κ3) is 1.58. The van der Waals surface area contributed by atoms with Crippen molar-refractivity contribution in [3.05, 3.63) is 17.5 Å². The van der Waals surface area contributed by atoms with E-state index in [-0.39, 0.29) is 5.41 Å². The van der Waals surface area contributed by atoms with Gasteiger partial charge in [-0.1, -0.05) is 6.42 Å². The number of nitriles is 1. The maximum absolute atomic E-state index is 9.62. The summed E-state index contributed by atoms with van der Waals surface area (Å²) in [6, 6.07) is 4.78. The molecule has 2 bridgehead atoms. The van der Waals surface area contributed by atoms with Crippen LogP contribution in [-0.2, 0) is 13.5 Å². The number of rotatable bonds is 2. The van der Waals surface area contributed by atoms with Gasteiger partial charge in [0.15, 0.2) is 0 Å². The molecule has 0 radical (unpaired) electrons. The Morgan fingerprint density at radius 3 is 2.88 bits per heavy atom. The molecule has 3 unspecified atom stereocenters. The molecular formula is C14H19N3. The number of aryl methyl sites for hydroxylation is 2. The highest BCUT2D eigenvalue weighted by atomic mass is 15.3. The Kier molecular flexibility index (Phi) is 2.29. The zero-order valence-electron chi connectivity index (χ0n) is 10.6. The van der Waals surface area contributed by atoms with Crippen LogP contribution in [0, 0.1) is 35.5 Å². The van der Waals surface area contributed by atoms with Crippen molar-refractivity contribution in [3.8, 4) is 6.07 Å². The van der Waals surface area contributed by atoms with Crippen LogP contribution < -0.4 is 0 Å². The molecule has 1 aromatic heterocycles. The van der Waals surface area contributed by atoms with E-state index >= 15 is 0 Å². The minimum absolute atomic E-state index is 0.0941. The Morgan fingerprint density at radius 1 is 1.59 bits per heavy atom. The lowest BCUT2D eigenvalue weighted by Gasteiger charge is -2.30. The lowest BCUT2D eigenvalue weighted by Crippen LogP contribution is -2.29. The second-order valence-corrected chi connectivity index (χ2v) is 5.93. The Labute approximate surface area is 102 Å². The summed E-state index contributed by atoms with van der Waals surface area (Å²) >= 11 is 0. The molecule has 2 fully saturated rings. The van der Waals surface area contributed by atoms with E-state index in [1.165, 1.54) is 25.0 Å². The number of nitrogens with zero attached hydrogens (tertiary/aromatic N) is 3. The summed E-state index contributed by atoms with van der Waals surface area (Å²) in [6.45, 7) is 2.02. The van der Waals surface area contributed by atoms with Gasteiger partial charge in [0.2, 0.25) is 0 Å². The van der Waals surface area contributed by atoms with Crippen LogP contribution in [0.1, 0.15) is 37.1 Å². The SMILES string of the molecule is Cc1cc(CC2(C#N)CC3CCC2C3)n(C)n1. The van der Waals surface area contributed by atoms with Gasteiger partial charge in [-0.3, -0.25) is 4.68 Å². The molecule has 2 aliphatic carbocycles. The molecule has 17 heavy (non-hydrogen) atoms. The molecule has 1 heterocycles. The van der Waals surface area contributed by atoms with Gasteiger partial charge < -0.3 is 0 Å². The van der Waals surface area contributed by atoms with Gasteiger partial charge >= 0.3 is 0 Å². The van der Waals surface area contributed by atoms with Gasteiger partial charge in [-0.05, 0) is 44.1 Å². The van der Waals surface area contributed by atoms with Crippen molar-refractivity contribution in [1.29, 1.82) is 5.26 Å². The van der Waals surface area contributed by atoms with Gasteiger partial charge in [0.25, 0.3) is 0 Å². The first-order valence-electron chi connectivity index (χ1n) is 6.54. The quantitative estimate of drug-likeness (QED) is 0.782. The van der Waals surface area contributed by atoms with E-state index in [2.05, 4.69) is 17.2 Å². The second-order valence-electron chi connectivity index (χ2n) is 5.93. The fourth-order valence-corrected chi connectivity index (χ4v) is 3.99. The summed E-state index contributed by atoms with van der Waals surface area (Å²) in [5.74, 6) is 1.45. The summed E-state index contributed by atoms with van der Waals surface area (Å²) in [5, 5.41) is 14.0. The van der Waals surface area contributed by atoms with Crippen LogP contribution in [0.5, 0.6) is 0 Å². The van der Waals surface area contributed by atoms with Crippen molar-refractivity contribution in [2.24, 2.45) is 24.3 Å². The average Bonchev–Trinajstić information content (AvgIpc) is 2.95. The molecule has 0 amide bonds. The van der Waals surface area contributed by atoms with Crippen molar-refractivity contribution in [1.82, 2.24) is 9.78 Å². The molecule has 0 spiro atoms. The first-order chi connectivity index (χ1) is 8.13. The van der Waals surface area contributed by atoms with E-state index in [0.717, 1.165) is 24.5 Å². The van der Waals surface area contributed by atoms with Gasteiger partial charge in [0, 0.05) is 19.2 Å². The Bertz CT molecular complexity index is 482. The standard InChI is InChI=1S/C14H19N3/c1-10-5-13(17(2)16-10)8-14(9-15)7-11-3-4-12(14)6-11/h5,11-12H,3-4,6-8H2,1-2H3. The fourth-order valence-electron chi connectivity index (χ4n) is 3.99. The van der Waals surface area contributed by atoms with Gasteiger partial charge in [-0.15, -0.1) is 0 Å². The average molecular weight is 229 g/mol. The first kappa shape index (κ1) is 10.8. The normalized spacial score (nSPS) is 35.1. The van der Waals surface area contributed by atoms with Gasteiger partial charge in [0.1, 0.15) is 0 Å². The molecule has 3 heteroatoms. The van der Waals surface area contributed by atoms with Crippen LogP contribution in [0.4, 0.5) is 0 Å². The van der Waals surface area contributed by atoms with E-state index in [9.17, 15) is 5.26 Å². The zero-order chi connectivity index (χ0) is 12.0. The lowest BCUT2D eigenvalue weighted by atomic mass is 9.71. The minimum Gasteiger partial charge on any atom is -0.272 e. The second kappa shape index (κ2) is 3.60. The maximum Gasteiger partial charge on any atom is 0.0696 e. The fraction of sp³-hybridized carbons (Fsp3) is 0.714. The highest BCUT2D eigenvalue weighted by Gasteiger charge is 2.51. The number of hydrogen-bond acceptors (Lipinski definition) is 2. The highest BCUT2D eigenvalue weighted by molar-refractivity contribution is 5.19. The summed E-state index contributed by atoms with van der Waals surface area (Å²) in [5.41, 5.74) is 2.18. The van der Waals surface area contributed by atoms with Gasteiger partial charge in [-0.25, -0.2) is 0 Å². The molecule has 3 rings (SSSR count). The summed E-state index contributed by atoms with van der Waals surface area (Å²) < 4.78 is 1.94. The number of hydrogen-bond donors (Lipinski definition) is 0. The van der Waals surface area contributed by atoms with Crippen molar-refractivity contribution in [2.45, 2.75) is 39.0 Å². The lowest BCUT2D eigenvalue weighted by molar-refractivity contribution is 0.235. The van der Waals surface area contributed by atoms with Crippen LogP contribution in [0.2, 0.25) is 0 Å². The molecular weight excluding hydrogens is 210 g/mol. The van der Waals surface area contributed by atoms with Crippen LogP contribution >= 0.6 is 0 Å². The Balaban J connectivity index is 1.89. The van der Waals surface area contributed by atoms with Crippen molar-refractivity contribution >= 4 is 0 Å². The van der Waals surface area contributed by atoms with E-state index < -0.39 is 0 Å². The van der Waals surface area contributed by atoms with E-state index in [1.54, 1.807) is 0 Å². The molecule has 0 aromatic carbocycles. The largest absolute Gasteiger partial charge is 0.272 e. The third-order valence-electron chi connectivity index (χ3n) is 4.79. The van der Waals surface area contributed by atoms with Crippen LogP contribution in [0.25, 0.3) is 0 Å². The van der Waals surface area contributed by atoms with E-state index in [0.29, 0.717) is 5.92 Å². The molecule has 3 nitrogen and oxygen atoms in total. The molecule has 0 saturated heterocycles. The summed E-state index contributed by atoms with van der Waals surface area (Å²) in [4.78, 5) is 0. The molecule has 1 aromatic rings. The highest BCUT2D eigenvalue weighted by Crippen LogP contribution is 2.56. The van der Waals surface area contributed by atoms with Crippen molar-refractivity contribution in [3.63, 3.8) is 0 Å². The smallest absolute Gasteiger partial charge is 0.0696 e. The van der Waals surface area contributed by atoms with Gasteiger partial charge in [0.05, 0.1) is 17.2 Å². The minimum atomic E-state index is -0.0941. The molecule has 2 aliphatic rings. The predicted octanol–water partition coefficient (Wildman–Crippen LogP) is 2.60. The third-order valence-corrected chi connectivity index (χ3v) is 4.79. The van der Waals surface area contributed by atoms with Crippen LogP contribution in [-0.4, -0.2) is 9.78 Å². The topological polar surface area (TPSA) is 41.6 Å². The van der Waals surface area contributed by atoms with E-state index in [1.807, 2.05) is 18.7 Å². The van der Waals surface area contributed by atoms with Crippen LogP contribution in [0.3, 0.4) is 0 Å². The maximum atomic E-state index is 9.62. The zero-order valence-corrected chi connectivity index (χ0v) is 10.6. The molecule has 0 N–H and O–H groups in total. The molecule has 90 valence electrons. The van der Waals surface area contributed by atoms with E-state index in [4.69, 9.17) is 0 Å². The molecule has 0 aliphatic heterocycles. The van der Waals surface area contributed by atoms with Crippen molar-refractivity contribution in [2.75, 3.05) is 0 Å². The summed E-state index contributed by atoms with van der Waals surface area (Å²) in [6.07, 6.45) is 5.89. The number of aromatic nitrogens is 2. The first-order valence-corrected chi connectivity index (χ1v) is 6.54. The van der Waals surface area contributed by atoms with Crippen molar-refractivity contribution < 1.29 is 0 Å². The van der Waals surface area contributed by atoms with Gasteiger partial charge in [-0.2, -0.15) is 10.4 Å². The predicted molar refractivity (Wildman–Crippen MR) is 65.1 cm³/mol. The summed E-state index contributed by atoms with van der Waals surface area (Å²) in [7, 11) is 1.99. The van der Waals surface area contributed by atoms with Crippen LogP contribution in [0.15, 0.2) is 6.07 Å². The Hall–Kier alpha value is -1.30. The molecule has 3 atom stereocenters. The monoisotopic (exact) mass is 229 g/mol. The number of fused-ring (bicyclic) bond motifs is 2.